The molecule has 0 N–H and O–H groups in total. The van der Waals surface area contributed by atoms with Gasteiger partial charge in [0, 0.05) is 44.3 Å². The molecule has 0 aromatic heterocycles. The lowest BCUT2D eigenvalue weighted by Crippen LogP contribution is -2.37. The fraction of sp³-hybridized carbons (Fsp3) is 0.0714. The van der Waals surface area contributed by atoms with Crippen molar-refractivity contribution in [1.82, 2.24) is 0 Å². The van der Waals surface area contributed by atoms with Gasteiger partial charge in [0.25, 0.3) is 0 Å². The predicted octanol–water partition coefficient (Wildman–Crippen LogP) is 15.7. The minimum Gasteiger partial charge on any atom is -0.310 e. The Balaban J connectivity index is 1.38. The second kappa shape index (κ2) is 14.8. The molecule has 0 radical (unpaired) electrons. The SMILES string of the molecule is Cc1cccc(N(c2ccccc2)c2cc(-c3ccccc3)c3ccc4c(N(c5ccccc5)c5cccc([Si](C)(C)C)c5)cc(-c5ccccc5)c5ccc2c3c54)c1. The van der Waals surface area contributed by atoms with Crippen LogP contribution in [0.25, 0.3) is 54.6 Å². The van der Waals surface area contributed by atoms with E-state index in [1.165, 1.54) is 71.0 Å². The van der Waals surface area contributed by atoms with Crippen LogP contribution in [0.3, 0.4) is 0 Å². The van der Waals surface area contributed by atoms with Gasteiger partial charge in [-0.3, -0.25) is 0 Å². The predicted molar refractivity (Wildman–Crippen MR) is 258 cm³/mol. The summed E-state index contributed by atoms with van der Waals surface area (Å²) in [6.07, 6.45) is 0. The molecule has 0 aliphatic carbocycles. The number of para-hydroxylation sites is 2. The molecule has 0 bridgehead atoms. The second-order valence-corrected chi connectivity index (χ2v) is 21.7. The Kier molecular flexibility index (Phi) is 9.11. The average Bonchev–Trinajstić information content (AvgIpc) is 3.27. The third kappa shape index (κ3) is 6.54. The first-order valence-electron chi connectivity index (χ1n) is 20.6. The molecular weight excluding hydrogens is 729 g/mol. The van der Waals surface area contributed by atoms with Gasteiger partial charge in [-0.1, -0.05) is 170 Å². The number of benzene rings is 10. The van der Waals surface area contributed by atoms with E-state index in [4.69, 9.17) is 0 Å². The molecular formula is C56H46N2Si. The topological polar surface area (TPSA) is 6.48 Å². The van der Waals surface area contributed by atoms with Gasteiger partial charge in [0.1, 0.15) is 0 Å². The standard InChI is InChI=1S/C56H46N2Si/c1-39-19-17-28-44(35-39)57(42-24-13-7-14-25-42)53-37-51(40-20-9-5-10-21-40)47-32-34-50-54(38-52(41-22-11-6-12-23-41)48-31-33-49(53)55(47)56(48)50)58(43-26-15-8-16-27-43)45-29-18-30-46(36-45)59(2,3)4/h5-38H,1-4H3. The molecule has 59 heavy (non-hydrogen) atoms. The van der Waals surface area contributed by atoms with E-state index >= 15 is 0 Å². The zero-order valence-corrected chi connectivity index (χ0v) is 35.0. The first kappa shape index (κ1) is 36.4. The monoisotopic (exact) mass is 774 g/mol. The van der Waals surface area contributed by atoms with Crippen molar-refractivity contribution in [2.45, 2.75) is 26.6 Å². The molecule has 10 rings (SSSR count). The van der Waals surface area contributed by atoms with Gasteiger partial charge >= 0.3 is 0 Å². The highest BCUT2D eigenvalue weighted by atomic mass is 28.3. The van der Waals surface area contributed by atoms with Crippen molar-refractivity contribution in [1.29, 1.82) is 0 Å². The minimum absolute atomic E-state index is 1.12. The second-order valence-electron chi connectivity index (χ2n) is 16.7. The molecule has 0 unspecified atom stereocenters. The van der Waals surface area contributed by atoms with Gasteiger partial charge in [-0.25, -0.2) is 0 Å². The van der Waals surface area contributed by atoms with E-state index in [0.29, 0.717) is 0 Å². The molecule has 0 fully saturated rings. The van der Waals surface area contributed by atoms with Crippen LogP contribution in [0.15, 0.2) is 206 Å². The molecule has 2 nitrogen and oxygen atoms in total. The van der Waals surface area contributed by atoms with Crippen molar-refractivity contribution in [2.75, 3.05) is 9.80 Å². The molecule has 0 saturated carbocycles. The van der Waals surface area contributed by atoms with E-state index in [1.807, 2.05) is 0 Å². The lowest BCUT2D eigenvalue weighted by molar-refractivity contribution is 1.28. The zero-order valence-electron chi connectivity index (χ0n) is 34.0. The maximum atomic E-state index is 2.49. The van der Waals surface area contributed by atoms with Crippen molar-refractivity contribution < 1.29 is 0 Å². The van der Waals surface area contributed by atoms with Crippen LogP contribution < -0.4 is 15.0 Å². The maximum Gasteiger partial charge on any atom is 0.0776 e. The minimum atomic E-state index is -1.63. The normalized spacial score (nSPS) is 11.7. The van der Waals surface area contributed by atoms with E-state index < -0.39 is 8.07 Å². The third-order valence-electron chi connectivity index (χ3n) is 11.8. The van der Waals surface area contributed by atoms with Gasteiger partial charge in [0.2, 0.25) is 0 Å². The molecule has 0 heterocycles. The first-order valence-corrected chi connectivity index (χ1v) is 24.1. The van der Waals surface area contributed by atoms with Crippen LogP contribution in [0.4, 0.5) is 34.1 Å². The van der Waals surface area contributed by atoms with Crippen LogP contribution in [-0.2, 0) is 0 Å². The summed E-state index contributed by atoms with van der Waals surface area (Å²) in [7, 11) is -1.63. The van der Waals surface area contributed by atoms with Gasteiger partial charge in [-0.05, 0) is 106 Å². The van der Waals surface area contributed by atoms with E-state index in [1.54, 1.807) is 0 Å². The smallest absolute Gasteiger partial charge is 0.0776 e. The molecule has 0 spiro atoms. The van der Waals surface area contributed by atoms with Crippen LogP contribution in [-0.4, -0.2) is 8.07 Å². The van der Waals surface area contributed by atoms with Gasteiger partial charge < -0.3 is 9.80 Å². The molecule has 0 atom stereocenters. The molecule has 0 amide bonds. The molecule has 0 saturated heterocycles. The number of rotatable bonds is 9. The van der Waals surface area contributed by atoms with Crippen molar-refractivity contribution in [3.63, 3.8) is 0 Å². The summed E-state index contributed by atoms with van der Waals surface area (Å²) < 4.78 is 0. The van der Waals surface area contributed by atoms with Crippen molar-refractivity contribution >= 4 is 79.7 Å². The number of anilines is 6. The van der Waals surface area contributed by atoms with Gasteiger partial charge in [0.05, 0.1) is 19.4 Å². The number of nitrogens with zero attached hydrogens (tertiary/aromatic N) is 2. The Morgan fingerprint density at radius 3 is 1.17 bits per heavy atom. The Bertz CT molecular complexity index is 3080. The van der Waals surface area contributed by atoms with Crippen LogP contribution in [0, 0.1) is 6.92 Å². The Labute approximate surface area is 348 Å². The summed E-state index contributed by atoms with van der Waals surface area (Å²) in [5.74, 6) is 0. The van der Waals surface area contributed by atoms with E-state index in [0.717, 1.165) is 28.4 Å². The van der Waals surface area contributed by atoms with Crippen LogP contribution in [0.1, 0.15) is 5.56 Å². The molecule has 10 aromatic carbocycles. The number of hydrogen-bond acceptors (Lipinski definition) is 2. The third-order valence-corrected chi connectivity index (χ3v) is 13.8. The van der Waals surface area contributed by atoms with Crippen molar-refractivity contribution in [3.05, 3.63) is 212 Å². The highest BCUT2D eigenvalue weighted by molar-refractivity contribution is 6.88. The fourth-order valence-electron chi connectivity index (χ4n) is 8.93. The van der Waals surface area contributed by atoms with E-state index in [9.17, 15) is 0 Å². The van der Waals surface area contributed by atoms with E-state index in [2.05, 4.69) is 243 Å². The quantitative estimate of drug-likeness (QED) is 0.106. The Morgan fingerprint density at radius 2 is 0.729 bits per heavy atom. The van der Waals surface area contributed by atoms with Crippen LogP contribution >= 0.6 is 0 Å². The summed E-state index contributed by atoms with van der Waals surface area (Å²) in [5, 5.41) is 8.90. The molecule has 3 heteroatoms. The summed E-state index contributed by atoms with van der Waals surface area (Å²) in [5.41, 5.74) is 12.9. The zero-order chi connectivity index (χ0) is 40.1. The van der Waals surface area contributed by atoms with Crippen LogP contribution in [0.2, 0.25) is 19.6 Å². The number of hydrogen-bond donors (Lipinski definition) is 0. The largest absolute Gasteiger partial charge is 0.310 e. The van der Waals surface area contributed by atoms with Crippen molar-refractivity contribution in [2.24, 2.45) is 0 Å². The molecule has 0 aliphatic heterocycles. The first-order chi connectivity index (χ1) is 28.8. The van der Waals surface area contributed by atoms with Gasteiger partial charge in [0.15, 0.2) is 0 Å². The fourth-order valence-corrected chi connectivity index (χ4v) is 10.1. The summed E-state index contributed by atoms with van der Waals surface area (Å²) >= 11 is 0. The number of aryl methyl sites for hydroxylation is 1. The lowest BCUT2D eigenvalue weighted by atomic mass is 9.85. The summed E-state index contributed by atoms with van der Waals surface area (Å²) in [4.78, 5) is 4.94. The molecule has 10 aromatic rings. The summed E-state index contributed by atoms with van der Waals surface area (Å²) in [6, 6.07) is 76.1. The highest BCUT2D eigenvalue weighted by Gasteiger charge is 2.26. The molecule has 284 valence electrons. The molecule has 0 aliphatic rings. The van der Waals surface area contributed by atoms with Crippen LogP contribution in [0.5, 0.6) is 0 Å². The van der Waals surface area contributed by atoms with Gasteiger partial charge in [-0.2, -0.15) is 0 Å². The Hall–Kier alpha value is -6.94. The highest BCUT2D eigenvalue weighted by Crippen LogP contribution is 2.52. The van der Waals surface area contributed by atoms with Crippen molar-refractivity contribution in [3.8, 4) is 22.3 Å². The lowest BCUT2D eigenvalue weighted by Gasteiger charge is -2.31. The van der Waals surface area contributed by atoms with Gasteiger partial charge in [-0.15, -0.1) is 0 Å². The Morgan fingerprint density at radius 1 is 0.339 bits per heavy atom. The summed E-state index contributed by atoms with van der Waals surface area (Å²) in [6.45, 7) is 9.47. The maximum absolute atomic E-state index is 2.49. The van der Waals surface area contributed by atoms with E-state index in [-0.39, 0.29) is 0 Å². The average molecular weight is 775 g/mol.